The fourth-order valence-electron chi connectivity index (χ4n) is 1.60. The van der Waals surface area contributed by atoms with Crippen molar-refractivity contribution in [3.63, 3.8) is 0 Å². The zero-order valence-electron chi connectivity index (χ0n) is 11.2. The number of rotatable bonds is 9. The number of hydrogen-bond acceptors (Lipinski definition) is 4. The fraction of sp³-hybridized carbons (Fsp3) is 0.769. The summed E-state index contributed by atoms with van der Waals surface area (Å²) in [5.74, 6) is 0. The number of nitrogens with zero attached hydrogens (tertiary/aromatic N) is 1. The summed E-state index contributed by atoms with van der Waals surface area (Å²) in [5.41, 5.74) is 1.23. The summed E-state index contributed by atoms with van der Waals surface area (Å²) in [4.78, 5) is 6.00. The highest BCUT2D eigenvalue weighted by atomic mass is 32.1. The minimum atomic E-state index is 0.666. The first-order valence-electron chi connectivity index (χ1n) is 6.57. The van der Waals surface area contributed by atoms with Gasteiger partial charge in [-0.1, -0.05) is 20.8 Å². The van der Waals surface area contributed by atoms with Gasteiger partial charge in [0, 0.05) is 18.0 Å². The quantitative estimate of drug-likeness (QED) is 0.689. The summed E-state index contributed by atoms with van der Waals surface area (Å²) in [5, 5.41) is 4.55. The summed E-state index contributed by atoms with van der Waals surface area (Å²) in [7, 11) is 0. The lowest BCUT2D eigenvalue weighted by atomic mass is 10.3. The topological polar surface area (TPSA) is 34.1 Å². The van der Waals surface area contributed by atoms with Gasteiger partial charge < -0.3 is 10.1 Å². The van der Waals surface area contributed by atoms with Gasteiger partial charge in [0.05, 0.1) is 12.3 Å². The van der Waals surface area contributed by atoms with E-state index in [1.54, 1.807) is 11.3 Å². The largest absolute Gasteiger partial charge is 0.374 e. The number of ether oxygens (including phenoxy) is 1. The molecule has 0 radical (unpaired) electrons. The molecule has 1 rings (SSSR count). The molecule has 3 nitrogen and oxygen atoms in total. The molecule has 4 heteroatoms. The molecule has 0 aliphatic rings. The Hall–Kier alpha value is -0.450. The van der Waals surface area contributed by atoms with Crippen LogP contribution < -0.4 is 5.32 Å². The van der Waals surface area contributed by atoms with Gasteiger partial charge in [-0.3, -0.25) is 0 Å². The van der Waals surface area contributed by atoms with Gasteiger partial charge in [0.1, 0.15) is 5.01 Å². The Morgan fingerprint density at radius 3 is 2.71 bits per heavy atom. The van der Waals surface area contributed by atoms with E-state index in [0.29, 0.717) is 6.61 Å². The van der Waals surface area contributed by atoms with Gasteiger partial charge in [-0.15, -0.1) is 11.3 Å². The van der Waals surface area contributed by atoms with E-state index in [2.05, 4.69) is 31.1 Å². The second kappa shape index (κ2) is 8.61. The van der Waals surface area contributed by atoms with E-state index in [1.165, 1.54) is 17.0 Å². The van der Waals surface area contributed by atoms with Crippen LogP contribution in [0.4, 0.5) is 0 Å². The Morgan fingerprint density at radius 1 is 1.24 bits per heavy atom. The van der Waals surface area contributed by atoms with Crippen LogP contribution in [0.15, 0.2) is 0 Å². The van der Waals surface area contributed by atoms with Crippen LogP contribution in [0.2, 0.25) is 0 Å². The Labute approximate surface area is 109 Å². The van der Waals surface area contributed by atoms with Crippen LogP contribution in [-0.2, 0) is 24.3 Å². The smallest absolute Gasteiger partial charge is 0.119 e. The van der Waals surface area contributed by atoms with Crippen LogP contribution in [0.25, 0.3) is 0 Å². The number of nitrogens with one attached hydrogen (secondary N) is 1. The van der Waals surface area contributed by atoms with Crippen molar-refractivity contribution in [2.75, 3.05) is 13.2 Å². The van der Waals surface area contributed by atoms with Gasteiger partial charge in [0.25, 0.3) is 0 Å². The number of thiazole rings is 1. The van der Waals surface area contributed by atoms with E-state index >= 15 is 0 Å². The van der Waals surface area contributed by atoms with E-state index in [1.807, 2.05) is 0 Å². The summed E-state index contributed by atoms with van der Waals surface area (Å²) in [6.07, 6.45) is 3.25. The lowest BCUT2D eigenvalue weighted by Gasteiger charge is -2.01. The van der Waals surface area contributed by atoms with Crippen molar-refractivity contribution in [3.05, 3.63) is 15.6 Å². The standard InChI is InChI=1S/C13H24N2OS/c1-4-7-14-9-12-11(6-3)15-13(17-12)10-16-8-5-2/h14H,4-10H2,1-3H3. The third-order valence-corrected chi connectivity index (χ3v) is 3.51. The third-order valence-electron chi connectivity index (χ3n) is 2.44. The average molecular weight is 256 g/mol. The molecule has 1 aromatic rings. The molecule has 98 valence electrons. The van der Waals surface area contributed by atoms with E-state index < -0.39 is 0 Å². The Balaban J connectivity index is 2.50. The van der Waals surface area contributed by atoms with Gasteiger partial charge in [-0.05, 0) is 25.8 Å². The summed E-state index contributed by atoms with van der Waals surface area (Å²) in [6.45, 7) is 9.98. The molecule has 0 saturated heterocycles. The maximum absolute atomic E-state index is 5.53. The monoisotopic (exact) mass is 256 g/mol. The normalized spacial score (nSPS) is 11.0. The molecular weight excluding hydrogens is 232 g/mol. The fourth-order valence-corrected chi connectivity index (χ4v) is 2.66. The first-order chi connectivity index (χ1) is 8.31. The number of hydrogen-bond donors (Lipinski definition) is 1. The maximum Gasteiger partial charge on any atom is 0.119 e. The van der Waals surface area contributed by atoms with E-state index in [-0.39, 0.29) is 0 Å². The second-order valence-electron chi connectivity index (χ2n) is 4.06. The molecule has 0 amide bonds. The predicted octanol–water partition coefficient (Wildman–Crippen LogP) is 3.13. The Kier molecular flexibility index (Phi) is 7.40. The van der Waals surface area contributed by atoms with Gasteiger partial charge in [0.2, 0.25) is 0 Å². The first-order valence-corrected chi connectivity index (χ1v) is 7.39. The van der Waals surface area contributed by atoms with Crippen molar-refractivity contribution in [1.82, 2.24) is 10.3 Å². The summed E-state index contributed by atoms with van der Waals surface area (Å²) < 4.78 is 5.53. The molecule has 1 aromatic heterocycles. The van der Waals surface area contributed by atoms with Gasteiger partial charge in [-0.25, -0.2) is 4.98 Å². The Morgan fingerprint density at radius 2 is 2.06 bits per heavy atom. The van der Waals surface area contributed by atoms with Gasteiger partial charge in [0.15, 0.2) is 0 Å². The van der Waals surface area contributed by atoms with Crippen LogP contribution >= 0.6 is 11.3 Å². The SMILES string of the molecule is CCCNCc1sc(COCCC)nc1CC. The highest BCUT2D eigenvalue weighted by Crippen LogP contribution is 2.20. The molecule has 1 heterocycles. The average Bonchev–Trinajstić information content (AvgIpc) is 2.72. The predicted molar refractivity (Wildman–Crippen MR) is 73.4 cm³/mol. The molecule has 0 aromatic carbocycles. The summed E-state index contributed by atoms with van der Waals surface area (Å²) >= 11 is 1.79. The van der Waals surface area contributed by atoms with Crippen LogP contribution in [-0.4, -0.2) is 18.1 Å². The molecule has 0 saturated carbocycles. The van der Waals surface area contributed by atoms with Crippen molar-refractivity contribution in [2.45, 2.75) is 53.2 Å². The molecule has 1 N–H and O–H groups in total. The zero-order valence-corrected chi connectivity index (χ0v) is 12.0. The number of aromatic nitrogens is 1. The molecule has 0 atom stereocenters. The molecule has 0 unspecified atom stereocenters. The van der Waals surface area contributed by atoms with E-state index in [9.17, 15) is 0 Å². The molecule has 0 aliphatic carbocycles. The first kappa shape index (κ1) is 14.6. The number of aryl methyl sites for hydroxylation is 1. The van der Waals surface area contributed by atoms with Gasteiger partial charge >= 0.3 is 0 Å². The van der Waals surface area contributed by atoms with Crippen LogP contribution in [0.3, 0.4) is 0 Å². The molecule has 0 fully saturated rings. The minimum Gasteiger partial charge on any atom is -0.374 e. The van der Waals surface area contributed by atoms with Gasteiger partial charge in [-0.2, -0.15) is 0 Å². The van der Waals surface area contributed by atoms with Crippen LogP contribution in [0, 0.1) is 0 Å². The van der Waals surface area contributed by atoms with E-state index in [4.69, 9.17) is 4.74 Å². The van der Waals surface area contributed by atoms with Crippen LogP contribution in [0.5, 0.6) is 0 Å². The zero-order chi connectivity index (χ0) is 12.5. The van der Waals surface area contributed by atoms with E-state index in [0.717, 1.165) is 37.5 Å². The van der Waals surface area contributed by atoms with Crippen LogP contribution in [0.1, 0.15) is 49.2 Å². The minimum absolute atomic E-state index is 0.666. The maximum atomic E-state index is 5.53. The highest BCUT2D eigenvalue weighted by Gasteiger charge is 2.09. The lowest BCUT2D eigenvalue weighted by Crippen LogP contribution is -2.13. The Bertz CT molecular complexity index is 312. The third kappa shape index (κ3) is 5.15. The molecule has 0 bridgehead atoms. The molecule has 0 aliphatic heterocycles. The van der Waals surface area contributed by atoms with Crippen molar-refractivity contribution in [1.29, 1.82) is 0 Å². The molecular formula is C13H24N2OS. The molecule has 0 spiro atoms. The molecule has 17 heavy (non-hydrogen) atoms. The second-order valence-corrected chi connectivity index (χ2v) is 5.23. The van der Waals surface area contributed by atoms with Crippen molar-refractivity contribution in [3.8, 4) is 0 Å². The van der Waals surface area contributed by atoms with Crippen molar-refractivity contribution >= 4 is 11.3 Å². The van der Waals surface area contributed by atoms with Crippen molar-refractivity contribution < 1.29 is 4.74 Å². The highest BCUT2D eigenvalue weighted by molar-refractivity contribution is 7.11. The summed E-state index contributed by atoms with van der Waals surface area (Å²) in [6, 6.07) is 0. The van der Waals surface area contributed by atoms with Crippen molar-refractivity contribution in [2.24, 2.45) is 0 Å². The lowest BCUT2D eigenvalue weighted by molar-refractivity contribution is 0.121.